The molecule has 0 atom stereocenters. The summed E-state index contributed by atoms with van der Waals surface area (Å²) in [5, 5.41) is 15.1. The van der Waals surface area contributed by atoms with Crippen LogP contribution in [0.4, 0.5) is 0 Å². The minimum absolute atomic E-state index is 0.903. The van der Waals surface area contributed by atoms with Crippen molar-refractivity contribution in [1.29, 1.82) is 0 Å². The van der Waals surface area contributed by atoms with Crippen LogP contribution in [0, 0.1) is 0 Å². The molecule has 0 aliphatic rings. The molecule has 0 aliphatic heterocycles. The fraction of sp³-hybridized carbons (Fsp3) is 0. The summed E-state index contributed by atoms with van der Waals surface area (Å²) in [6.07, 6.45) is 0. The molecule has 0 fully saturated rings. The van der Waals surface area contributed by atoms with Gasteiger partial charge in [-0.05, 0) is 99.9 Å². The van der Waals surface area contributed by atoms with Crippen LogP contribution in [0.25, 0.3) is 109 Å². The number of hydrogen-bond acceptors (Lipinski definition) is 1. The first kappa shape index (κ1) is 26.6. The fourth-order valence-electron chi connectivity index (χ4n) is 8.56. The number of benzene rings is 10. The predicted octanol–water partition coefficient (Wildman–Crippen LogP) is 13.8. The zero-order valence-electron chi connectivity index (χ0n) is 26.6. The van der Waals surface area contributed by atoms with E-state index in [0.717, 1.165) is 33.1 Å². The van der Waals surface area contributed by atoms with E-state index < -0.39 is 0 Å². The topological polar surface area (TPSA) is 13.1 Å². The average molecular weight is 621 g/mol. The molecule has 1 heteroatoms. The van der Waals surface area contributed by atoms with Crippen molar-refractivity contribution in [2.24, 2.45) is 0 Å². The maximum Gasteiger partial charge on any atom is 0.143 e. The second kappa shape index (κ2) is 10.0. The average Bonchev–Trinajstić information content (AvgIpc) is 3.56. The highest BCUT2D eigenvalue weighted by molar-refractivity contribution is 6.31. The summed E-state index contributed by atoms with van der Waals surface area (Å²) in [7, 11) is 0. The van der Waals surface area contributed by atoms with Gasteiger partial charge in [0.1, 0.15) is 11.2 Å². The molecule has 0 saturated carbocycles. The zero-order chi connectivity index (χ0) is 32.1. The SMILES string of the molecule is c1ccc(-c2ccc(-c3c4ccccc4c(-c4cc5cccc6ccc7cccc4c7c65)c4ccccc34)c3c2oc2ccccc23)cc1. The van der Waals surface area contributed by atoms with E-state index in [-0.39, 0.29) is 0 Å². The van der Waals surface area contributed by atoms with Gasteiger partial charge in [0.2, 0.25) is 0 Å². The highest BCUT2D eigenvalue weighted by atomic mass is 16.3. The Hall–Kier alpha value is -6.44. The van der Waals surface area contributed by atoms with Crippen molar-refractivity contribution < 1.29 is 4.42 Å². The molecule has 0 radical (unpaired) electrons. The number of para-hydroxylation sites is 1. The third-order valence-corrected chi connectivity index (χ3v) is 10.6. The van der Waals surface area contributed by atoms with E-state index in [4.69, 9.17) is 4.42 Å². The van der Waals surface area contributed by atoms with Gasteiger partial charge < -0.3 is 4.42 Å². The van der Waals surface area contributed by atoms with E-state index in [1.165, 1.54) is 76.1 Å². The number of furan rings is 1. The van der Waals surface area contributed by atoms with Crippen molar-refractivity contribution >= 4 is 75.8 Å². The Morgan fingerprint density at radius 3 is 1.55 bits per heavy atom. The molecule has 1 aromatic heterocycles. The summed E-state index contributed by atoms with van der Waals surface area (Å²) < 4.78 is 6.73. The molecular formula is C48H28O. The van der Waals surface area contributed by atoms with E-state index in [9.17, 15) is 0 Å². The third-order valence-electron chi connectivity index (χ3n) is 10.6. The van der Waals surface area contributed by atoms with Gasteiger partial charge in [-0.3, -0.25) is 0 Å². The van der Waals surface area contributed by atoms with Crippen molar-refractivity contribution in [3.63, 3.8) is 0 Å². The molecule has 0 saturated heterocycles. The van der Waals surface area contributed by atoms with Gasteiger partial charge in [-0.15, -0.1) is 0 Å². The third kappa shape index (κ3) is 3.70. The molecule has 11 rings (SSSR count). The lowest BCUT2D eigenvalue weighted by Gasteiger charge is -2.21. The zero-order valence-corrected chi connectivity index (χ0v) is 26.6. The van der Waals surface area contributed by atoms with Crippen molar-refractivity contribution in [1.82, 2.24) is 0 Å². The molecule has 0 bridgehead atoms. The van der Waals surface area contributed by atoms with Gasteiger partial charge in [0.15, 0.2) is 0 Å². The van der Waals surface area contributed by atoms with E-state index in [1.807, 2.05) is 0 Å². The van der Waals surface area contributed by atoms with Crippen LogP contribution in [-0.4, -0.2) is 0 Å². The molecule has 10 aromatic carbocycles. The Bertz CT molecular complexity index is 3030. The van der Waals surface area contributed by atoms with Gasteiger partial charge in [0.05, 0.1) is 0 Å². The van der Waals surface area contributed by atoms with E-state index in [2.05, 4.69) is 170 Å². The van der Waals surface area contributed by atoms with Gasteiger partial charge in [-0.1, -0.05) is 152 Å². The quantitative estimate of drug-likeness (QED) is 0.141. The molecule has 0 unspecified atom stereocenters. The maximum atomic E-state index is 6.73. The lowest BCUT2D eigenvalue weighted by molar-refractivity contribution is 0.670. The minimum atomic E-state index is 0.903. The van der Waals surface area contributed by atoms with Crippen LogP contribution in [0.1, 0.15) is 0 Å². The molecule has 0 aliphatic carbocycles. The number of rotatable bonds is 3. The Labute approximate surface area is 282 Å². The van der Waals surface area contributed by atoms with Crippen LogP contribution >= 0.6 is 0 Å². The molecule has 226 valence electrons. The lowest BCUT2D eigenvalue weighted by atomic mass is 9.82. The molecule has 11 aromatic rings. The van der Waals surface area contributed by atoms with Crippen molar-refractivity contribution in [3.05, 3.63) is 170 Å². The first-order chi connectivity index (χ1) is 24.3. The Balaban J connectivity index is 1.31. The predicted molar refractivity (Wildman–Crippen MR) is 209 cm³/mol. The molecule has 1 nitrogen and oxygen atoms in total. The smallest absolute Gasteiger partial charge is 0.143 e. The molecule has 49 heavy (non-hydrogen) atoms. The molecule has 0 N–H and O–H groups in total. The van der Waals surface area contributed by atoms with E-state index >= 15 is 0 Å². The normalized spacial score (nSPS) is 12.1. The number of hydrogen-bond donors (Lipinski definition) is 0. The van der Waals surface area contributed by atoms with E-state index in [0.29, 0.717) is 0 Å². The van der Waals surface area contributed by atoms with Crippen molar-refractivity contribution in [3.8, 4) is 33.4 Å². The van der Waals surface area contributed by atoms with Gasteiger partial charge in [-0.2, -0.15) is 0 Å². The summed E-state index contributed by atoms with van der Waals surface area (Å²) >= 11 is 0. The van der Waals surface area contributed by atoms with Gasteiger partial charge in [0.25, 0.3) is 0 Å². The number of fused-ring (bicyclic) bond motifs is 5. The minimum Gasteiger partial charge on any atom is -0.455 e. The monoisotopic (exact) mass is 620 g/mol. The first-order valence-corrected chi connectivity index (χ1v) is 16.9. The highest BCUT2D eigenvalue weighted by Gasteiger charge is 2.23. The second-order valence-corrected chi connectivity index (χ2v) is 13.1. The molecule has 0 spiro atoms. The van der Waals surface area contributed by atoms with Crippen LogP contribution in [0.5, 0.6) is 0 Å². The van der Waals surface area contributed by atoms with Crippen LogP contribution < -0.4 is 0 Å². The standard InChI is InChI=1S/C48H28O/c1-2-12-29(13-3-1)33-26-27-40(47-39-21-8-9-23-42(39)49-48(33)47)45-34-17-4-6-19-36(34)46(37-20-7-5-18-35(37)45)41-28-32-16-10-14-30-24-25-31-15-11-22-38(41)44(31)43(30)32/h1-28H. The van der Waals surface area contributed by atoms with Crippen LogP contribution in [0.15, 0.2) is 174 Å². The summed E-state index contributed by atoms with van der Waals surface area (Å²) in [6, 6.07) is 62.0. The second-order valence-electron chi connectivity index (χ2n) is 13.1. The van der Waals surface area contributed by atoms with Gasteiger partial charge in [-0.25, -0.2) is 0 Å². The van der Waals surface area contributed by atoms with Gasteiger partial charge >= 0.3 is 0 Å². The van der Waals surface area contributed by atoms with Crippen LogP contribution in [0.3, 0.4) is 0 Å². The fourth-order valence-corrected chi connectivity index (χ4v) is 8.56. The summed E-state index contributed by atoms with van der Waals surface area (Å²) in [6.45, 7) is 0. The molecule has 1 heterocycles. The summed E-state index contributed by atoms with van der Waals surface area (Å²) in [4.78, 5) is 0. The maximum absolute atomic E-state index is 6.73. The van der Waals surface area contributed by atoms with Gasteiger partial charge in [0, 0.05) is 16.3 Å². The first-order valence-electron chi connectivity index (χ1n) is 16.9. The largest absolute Gasteiger partial charge is 0.455 e. The van der Waals surface area contributed by atoms with Crippen LogP contribution in [-0.2, 0) is 0 Å². The highest BCUT2D eigenvalue weighted by Crippen LogP contribution is 2.50. The van der Waals surface area contributed by atoms with Crippen molar-refractivity contribution in [2.75, 3.05) is 0 Å². The van der Waals surface area contributed by atoms with E-state index in [1.54, 1.807) is 0 Å². The summed E-state index contributed by atoms with van der Waals surface area (Å²) in [5.74, 6) is 0. The van der Waals surface area contributed by atoms with Crippen LogP contribution in [0.2, 0.25) is 0 Å². The Morgan fingerprint density at radius 2 is 0.837 bits per heavy atom. The Kier molecular flexibility index (Phi) is 5.45. The lowest BCUT2D eigenvalue weighted by Crippen LogP contribution is -1.93. The Morgan fingerprint density at radius 1 is 0.306 bits per heavy atom. The van der Waals surface area contributed by atoms with Crippen molar-refractivity contribution in [2.45, 2.75) is 0 Å². The molecule has 0 amide bonds. The molecular weight excluding hydrogens is 593 g/mol. The summed E-state index contributed by atoms with van der Waals surface area (Å²) in [5.41, 5.74) is 9.06.